The Hall–Kier alpha value is -2.86. The highest BCUT2D eigenvalue weighted by Gasteiger charge is 2.30. The second kappa shape index (κ2) is 9.30. The van der Waals surface area contributed by atoms with Crippen LogP contribution in [0, 0.1) is 0 Å². The monoisotopic (exact) mass is 406 g/mol. The molecule has 0 saturated carbocycles. The lowest BCUT2D eigenvalue weighted by molar-refractivity contribution is 0.0635. The van der Waals surface area contributed by atoms with Gasteiger partial charge >= 0.3 is 6.03 Å². The van der Waals surface area contributed by atoms with E-state index in [1.165, 1.54) is 12.8 Å². The molecule has 0 spiro atoms. The summed E-state index contributed by atoms with van der Waals surface area (Å²) in [6.45, 7) is 7.32. The molecule has 2 heterocycles. The molecule has 2 aromatic carbocycles. The van der Waals surface area contributed by atoms with Crippen LogP contribution in [-0.2, 0) is 6.42 Å². The lowest BCUT2D eigenvalue weighted by Crippen LogP contribution is -2.49. The number of fused-ring (bicyclic) bond motifs is 1. The number of para-hydroxylation sites is 1. The quantitative estimate of drug-likeness (QED) is 0.821. The molecule has 0 radical (unpaired) electrons. The van der Waals surface area contributed by atoms with Gasteiger partial charge in [-0.15, -0.1) is 0 Å². The van der Waals surface area contributed by atoms with Crippen molar-refractivity contribution in [2.75, 3.05) is 49.5 Å². The molecule has 4 rings (SSSR count). The van der Waals surface area contributed by atoms with Gasteiger partial charge in [-0.1, -0.05) is 37.6 Å². The van der Waals surface area contributed by atoms with E-state index in [2.05, 4.69) is 17.1 Å². The van der Waals surface area contributed by atoms with Crippen LogP contribution in [0.25, 0.3) is 0 Å². The SMILES string of the molecule is CCCCN1CCN(C(=O)c2cccc3c2CCN3C(=O)Nc2ccccc2)CC1. The lowest BCUT2D eigenvalue weighted by Gasteiger charge is -2.35. The summed E-state index contributed by atoms with van der Waals surface area (Å²) < 4.78 is 0. The molecule has 0 bridgehead atoms. The number of benzene rings is 2. The largest absolute Gasteiger partial charge is 0.336 e. The Morgan fingerprint density at radius 2 is 1.70 bits per heavy atom. The Balaban J connectivity index is 1.44. The van der Waals surface area contributed by atoms with Crippen molar-refractivity contribution in [3.8, 4) is 0 Å². The van der Waals surface area contributed by atoms with Crippen LogP contribution in [0.15, 0.2) is 48.5 Å². The van der Waals surface area contributed by atoms with Crippen LogP contribution in [-0.4, -0.2) is 61.0 Å². The first-order valence-electron chi connectivity index (χ1n) is 10.9. The average molecular weight is 407 g/mol. The van der Waals surface area contributed by atoms with Crippen molar-refractivity contribution in [3.05, 3.63) is 59.7 Å². The van der Waals surface area contributed by atoms with E-state index in [0.29, 0.717) is 13.0 Å². The van der Waals surface area contributed by atoms with Crippen LogP contribution in [0.4, 0.5) is 16.2 Å². The number of hydrogen-bond acceptors (Lipinski definition) is 3. The van der Waals surface area contributed by atoms with Gasteiger partial charge in [0, 0.05) is 49.7 Å². The van der Waals surface area contributed by atoms with Gasteiger partial charge in [0.05, 0.1) is 0 Å². The van der Waals surface area contributed by atoms with Crippen molar-refractivity contribution in [1.29, 1.82) is 0 Å². The van der Waals surface area contributed by atoms with Crippen LogP contribution in [0.5, 0.6) is 0 Å². The zero-order chi connectivity index (χ0) is 20.9. The molecule has 0 aliphatic carbocycles. The molecule has 2 aliphatic rings. The summed E-state index contributed by atoms with van der Waals surface area (Å²) in [4.78, 5) is 32.2. The third-order valence-electron chi connectivity index (χ3n) is 6.02. The number of nitrogens with one attached hydrogen (secondary N) is 1. The number of hydrogen-bond donors (Lipinski definition) is 1. The van der Waals surface area contributed by atoms with Crippen molar-refractivity contribution < 1.29 is 9.59 Å². The second-order valence-corrected chi connectivity index (χ2v) is 7.99. The standard InChI is InChI=1S/C24H30N4O2/c1-2-3-13-26-15-17-27(18-16-26)23(29)21-10-7-11-22-20(21)12-14-28(22)24(30)25-19-8-5-4-6-9-19/h4-11H,2-3,12-18H2,1H3,(H,25,30). The third kappa shape index (κ3) is 4.33. The van der Waals surface area contributed by atoms with Crippen LogP contribution in [0.1, 0.15) is 35.7 Å². The predicted molar refractivity (Wildman–Crippen MR) is 120 cm³/mol. The summed E-state index contributed by atoms with van der Waals surface area (Å²) >= 11 is 0. The molecule has 30 heavy (non-hydrogen) atoms. The van der Waals surface area contributed by atoms with Crippen molar-refractivity contribution in [1.82, 2.24) is 9.80 Å². The van der Waals surface area contributed by atoms with Crippen molar-refractivity contribution in [2.24, 2.45) is 0 Å². The fraction of sp³-hybridized carbons (Fsp3) is 0.417. The molecule has 3 amide bonds. The highest BCUT2D eigenvalue weighted by Crippen LogP contribution is 2.32. The van der Waals surface area contributed by atoms with Gasteiger partial charge in [-0.2, -0.15) is 0 Å². The van der Waals surface area contributed by atoms with Crippen molar-refractivity contribution in [3.63, 3.8) is 0 Å². The van der Waals surface area contributed by atoms with E-state index >= 15 is 0 Å². The Morgan fingerprint density at radius 3 is 2.43 bits per heavy atom. The molecule has 1 N–H and O–H groups in total. The molecule has 6 heteroatoms. The maximum Gasteiger partial charge on any atom is 0.326 e. The zero-order valence-electron chi connectivity index (χ0n) is 17.6. The van der Waals surface area contributed by atoms with Gasteiger partial charge in [0.1, 0.15) is 0 Å². The summed E-state index contributed by atoms with van der Waals surface area (Å²) in [5, 5.41) is 2.94. The first kappa shape index (κ1) is 20.4. The molecule has 1 saturated heterocycles. The molecule has 6 nitrogen and oxygen atoms in total. The molecule has 0 aromatic heterocycles. The van der Waals surface area contributed by atoms with Gasteiger partial charge < -0.3 is 10.2 Å². The summed E-state index contributed by atoms with van der Waals surface area (Å²) in [5.74, 6) is 0.0901. The summed E-state index contributed by atoms with van der Waals surface area (Å²) in [7, 11) is 0. The van der Waals surface area contributed by atoms with Gasteiger partial charge in [-0.3, -0.25) is 14.6 Å². The number of urea groups is 1. The number of carbonyl (C=O) groups excluding carboxylic acids is 2. The molecular formula is C24H30N4O2. The minimum absolute atomic E-state index is 0.0901. The first-order chi connectivity index (χ1) is 14.7. The number of nitrogens with zero attached hydrogens (tertiary/aromatic N) is 3. The minimum Gasteiger partial charge on any atom is -0.336 e. The van der Waals surface area contributed by atoms with E-state index in [0.717, 1.165) is 55.2 Å². The van der Waals surface area contributed by atoms with E-state index in [9.17, 15) is 9.59 Å². The maximum absolute atomic E-state index is 13.2. The van der Waals surface area contributed by atoms with Crippen LogP contribution < -0.4 is 10.2 Å². The van der Waals surface area contributed by atoms with Crippen LogP contribution in [0.3, 0.4) is 0 Å². The van der Waals surface area contributed by atoms with Crippen LogP contribution >= 0.6 is 0 Å². The number of amides is 3. The Labute approximate surface area is 178 Å². The summed E-state index contributed by atoms with van der Waals surface area (Å²) in [6.07, 6.45) is 3.11. The van der Waals surface area contributed by atoms with Gasteiger partial charge in [0.2, 0.25) is 0 Å². The topological polar surface area (TPSA) is 55.9 Å². The molecule has 0 atom stereocenters. The lowest BCUT2D eigenvalue weighted by atomic mass is 10.0. The Bertz CT molecular complexity index is 891. The van der Waals surface area contributed by atoms with Gasteiger partial charge in [-0.25, -0.2) is 4.79 Å². The number of unbranched alkanes of at least 4 members (excludes halogenated alkanes) is 1. The van der Waals surface area contributed by atoms with Gasteiger partial charge in [0.25, 0.3) is 5.91 Å². The smallest absolute Gasteiger partial charge is 0.326 e. The average Bonchev–Trinajstić information content (AvgIpc) is 3.23. The summed E-state index contributed by atoms with van der Waals surface area (Å²) in [6, 6.07) is 15.0. The summed E-state index contributed by atoms with van der Waals surface area (Å²) in [5.41, 5.74) is 3.34. The minimum atomic E-state index is -0.158. The second-order valence-electron chi connectivity index (χ2n) is 7.99. The molecule has 0 unspecified atom stereocenters. The third-order valence-corrected chi connectivity index (χ3v) is 6.02. The Morgan fingerprint density at radius 1 is 0.933 bits per heavy atom. The Kier molecular flexibility index (Phi) is 6.33. The van der Waals surface area contributed by atoms with Crippen LogP contribution in [0.2, 0.25) is 0 Å². The molecular weight excluding hydrogens is 376 g/mol. The zero-order valence-corrected chi connectivity index (χ0v) is 17.6. The highest BCUT2D eigenvalue weighted by molar-refractivity contribution is 6.05. The normalized spacial score (nSPS) is 16.4. The van der Waals surface area contributed by atoms with E-state index in [4.69, 9.17) is 0 Å². The molecule has 158 valence electrons. The number of rotatable bonds is 5. The highest BCUT2D eigenvalue weighted by atomic mass is 16.2. The maximum atomic E-state index is 13.2. The van der Waals surface area contributed by atoms with E-state index in [1.807, 2.05) is 53.4 Å². The number of piperazine rings is 1. The fourth-order valence-corrected chi connectivity index (χ4v) is 4.28. The number of carbonyl (C=O) groups is 2. The first-order valence-corrected chi connectivity index (χ1v) is 10.9. The van der Waals surface area contributed by atoms with Crippen molar-refractivity contribution in [2.45, 2.75) is 26.2 Å². The number of anilines is 2. The molecule has 2 aliphatic heterocycles. The van der Waals surface area contributed by atoms with E-state index in [-0.39, 0.29) is 11.9 Å². The molecule has 2 aromatic rings. The molecule has 1 fully saturated rings. The fourth-order valence-electron chi connectivity index (χ4n) is 4.28. The van der Waals surface area contributed by atoms with Crippen molar-refractivity contribution >= 4 is 23.3 Å². The van der Waals surface area contributed by atoms with Gasteiger partial charge in [-0.05, 0) is 49.2 Å². The van der Waals surface area contributed by atoms with E-state index < -0.39 is 0 Å². The predicted octanol–water partition coefficient (Wildman–Crippen LogP) is 3.84. The van der Waals surface area contributed by atoms with Gasteiger partial charge in [0.15, 0.2) is 0 Å². The van der Waals surface area contributed by atoms with E-state index in [1.54, 1.807) is 4.90 Å².